The topological polar surface area (TPSA) is 90.4 Å². The Morgan fingerprint density at radius 2 is 1.81 bits per heavy atom. The molecule has 9 nitrogen and oxygen atoms in total. The third-order valence-electron chi connectivity index (χ3n) is 6.44. The van der Waals surface area contributed by atoms with Crippen molar-refractivity contribution in [2.24, 2.45) is 5.92 Å². The Bertz CT molecular complexity index is 1470. The van der Waals surface area contributed by atoms with Crippen molar-refractivity contribution in [3.05, 3.63) is 94.5 Å². The first-order valence-electron chi connectivity index (χ1n) is 12.2. The summed E-state index contributed by atoms with van der Waals surface area (Å²) in [5, 5.41) is 4.50. The molecule has 0 unspecified atom stereocenters. The smallest absolute Gasteiger partial charge is 0.267 e. The first-order valence-corrected chi connectivity index (χ1v) is 12.2. The van der Waals surface area contributed by atoms with Crippen LogP contribution in [0.25, 0.3) is 27.6 Å². The fourth-order valence-corrected chi connectivity index (χ4v) is 4.26. The number of ether oxygens (including phenoxy) is 1. The van der Waals surface area contributed by atoms with Gasteiger partial charge in [-0.15, -0.1) is 0 Å². The largest absolute Gasteiger partial charge is 0.490 e. The highest BCUT2D eigenvalue weighted by atomic mass is 16.5. The van der Waals surface area contributed by atoms with E-state index in [1.54, 1.807) is 36.7 Å². The molecule has 1 aliphatic rings. The summed E-state index contributed by atoms with van der Waals surface area (Å²) in [7, 11) is 2.15. The minimum absolute atomic E-state index is 0.195. The van der Waals surface area contributed by atoms with Gasteiger partial charge >= 0.3 is 0 Å². The number of hydrogen-bond acceptors (Lipinski definition) is 7. The lowest BCUT2D eigenvalue weighted by atomic mass is 9.98. The summed E-state index contributed by atoms with van der Waals surface area (Å²) in [4.78, 5) is 31.9. The molecule has 0 amide bonds. The first kappa shape index (κ1) is 24.3. The molecule has 1 aromatic carbocycles. The second-order valence-electron chi connectivity index (χ2n) is 9.19. The van der Waals surface area contributed by atoms with Gasteiger partial charge in [-0.1, -0.05) is 24.3 Å². The van der Waals surface area contributed by atoms with E-state index in [0.717, 1.165) is 31.5 Å². The number of benzene rings is 1. The van der Waals surface area contributed by atoms with E-state index in [9.17, 15) is 4.79 Å². The second kappa shape index (κ2) is 11.1. The summed E-state index contributed by atoms with van der Waals surface area (Å²) in [5.74, 6) is 1.69. The number of rotatable bonds is 7. The van der Waals surface area contributed by atoms with E-state index in [1.807, 2.05) is 24.3 Å². The van der Waals surface area contributed by atoms with Crippen LogP contribution in [0.5, 0.6) is 5.75 Å². The van der Waals surface area contributed by atoms with Crippen LogP contribution in [-0.2, 0) is 6.54 Å². The molecule has 4 aromatic rings. The zero-order valence-corrected chi connectivity index (χ0v) is 20.6. The third kappa shape index (κ3) is 6.05. The van der Waals surface area contributed by atoms with Crippen LogP contribution in [0.2, 0.25) is 0 Å². The Hall–Kier alpha value is -4.42. The van der Waals surface area contributed by atoms with E-state index >= 15 is 0 Å². The van der Waals surface area contributed by atoms with Gasteiger partial charge in [-0.2, -0.15) is 5.10 Å². The van der Waals surface area contributed by atoms with Crippen molar-refractivity contribution in [2.45, 2.75) is 19.4 Å². The van der Waals surface area contributed by atoms with E-state index < -0.39 is 0 Å². The van der Waals surface area contributed by atoms with Gasteiger partial charge in [-0.05, 0) is 68.7 Å². The highest BCUT2D eigenvalue weighted by Gasteiger charge is 2.17. The average Bonchev–Trinajstić information content (AvgIpc) is 2.94. The van der Waals surface area contributed by atoms with Crippen molar-refractivity contribution in [3.63, 3.8) is 0 Å². The van der Waals surface area contributed by atoms with Gasteiger partial charge in [0.2, 0.25) is 0 Å². The molecule has 1 aliphatic heterocycles. The van der Waals surface area contributed by atoms with Crippen LogP contribution in [0.3, 0.4) is 0 Å². The SMILES string of the molecule is [C-]#[N+]c1cccc(-c2ccc(=O)n(Cc3cccc(-c4ncc(OCC5CCN(C)CC5)cn4)n3)n2)c1. The molecule has 0 bridgehead atoms. The maximum Gasteiger partial charge on any atom is 0.267 e. The van der Waals surface area contributed by atoms with E-state index in [4.69, 9.17) is 11.3 Å². The van der Waals surface area contributed by atoms with Crippen LogP contribution in [0, 0.1) is 12.5 Å². The molecule has 5 rings (SSSR count). The van der Waals surface area contributed by atoms with Gasteiger partial charge in [-0.3, -0.25) is 4.79 Å². The molecule has 3 aromatic heterocycles. The van der Waals surface area contributed by atoms with E-state index in [-0.39, 0.29) is 12.1 Å². The number of likely N-dealkylation sites (tertiary alicyclic amines) is 1. The lowest BCUT2D eigenvalue weighted by molar-refractivity contribution is 0.159. The molecule has 0 N–H and O–H groups in total. The molecular weight excluding hydrogens is 466 g/mol. The Kier molecular flexibility index (Phi) is 7.28. The summed E-state index contributed by atoms with van der Waals surface area (Å²) in [6, 6.07) is 15.8. The molecule has 186 valence electrons. The molecule has 0 radical (unpaired) electrons. The van der Waals surface area contributed by atoms with Crippen LogP contribution in [-0.4, -0.2) is 56.4 Å². The van der Waals surface area contributed by atoms with Gasteiger partial charge < -0.3 is 9.64 Å². The Balaban J connectivity index is 1.28. The average molecular weight is 494 g/mol. The van der Waals surface area contributed by atoms with Crippen LogP contribution in [0.1, 0.15) is 18.5 Å². The van der Waals surface area contributed by atoms with Crippen LogP contribution < -0.4 is 10.3 Å². The number of nitrogens with zero attached hydrogens (tertiary/aromatic N) is 7. The van der Waals surface area contributed by atoms with Crippen molar-refractivity contribution in [2.75, 3.05) is 26.7 Å². The molecule has 37 heavy (non-hydrogen) atoms. The molecule has 9 heteroatoms. The highest BCUT2D eigenvalue weighted by Crippen LogP contribution is 2.22. The van der Waals surface area contributed by atoms with Crippen molar-refractivity contribution in [3.8, 4) is 28.5 Å². The summed E-state index contributed by atoms with van der Waals surface area (Å²) in [5.41, 5.74) is 2.93. The fraction of sp³-hybridized carbons (Fsp3) is 0.286. The monoisotopic (exact) mass is 493 g/mol. The predicted octanol–water partition coefficient (Wildman–Crippen LogP) is 4.08. The lowest BCUT2D eigenvalue weighted by Gasteiger charge is -2.28. The number of pyridine rings is 1. The maximum absolute atomic E-state index is 12.5. The van der Waals surface area contributed by atoms with Crippen molar-refractivity contribution < 1.29 is 4.74 Å². The Morgan fingerprint density at radius 1 is 1.03 bits per heavy atom. The molecule has 0 saturated carbocycles. The predicted molar refractivity (Wildman–Crippen MR) is 140 cm³/mol. The van der Waals surface area contributed by atoms with Crippen molar-refractivity contribution in [1.29, 1.82) is 0 Å². The van der Waals surface area contributed by atoms with Crippen LogP contribution in [0.4, 0.5) is 5.69 Å². The lowest BCUT2D eigenvalue weighted by Crippen LogP contribution is -2.32. The molecule has 0 spiro atoms. The molecule has 0 atom stereocenters. The fourth-order valence-electron chi connectivity index (χ4n) is 4.26. The zero-order chi connectivity index (χ0) is 25.6. The second-order valence-corrected chi connectivity index (χ2v) is 9.19. The summed E-state index contributed by atoms with van der Waals surface area (Å²) in [6.45, 7) is 10.3. The molecule has 1 fully saturated rings. The van der Waals surface area contributed by atoms with Gasteiger partial charge in [0, 0.05) is 6.07 Å². The van der Waals surface area contributed by atoms with Crippen molar-refractivity contribution in [1.82, 2.24) is 29.6 Å². The molecule has 4 heterocycles. The van der Waals surface area contributed by atoms with Crippen LogP contribution >= 0.6 is 0 Å². The minimum Gasteiger partial charge on any atom is -0.490 e. The summed E-state index contributed by atoms with van der Waals surface area (Å²) >= 11 is 0. The highest BCUT2D eigenvalue weighted by molar-refractivity contribution is 5.64. The first-order chi connectivity index (χ1) is 18.1. The van der Waals surface area contributed by atoms with E-state index in [1.165, 1.54) is 10.7 Å². The quantitative estimate of drug-likeness (QED) is 0.358. The Labute approximate surface area is 215 Å². The van der Waals surface area contributed by atoms with Crippen molar-refractivity contribution >= 4 is 5.69 Å². The molecule has 0 aliphatic carbocycles. The number of hydrogen-bond donors (Lipinski definition) is 0. The summed E-state index contributed by atoms with van der Waals surface area (Å²) in [6.07, 6.45) is 5.64. The number of aromatic nitrogens is 5. The minimum atomic E-state index is -0.236. The normalized spacial score (nSPS) is 14.3. The zero-order valence-electron chi connectivity index (χ0n) is 20.6. The number of piperidine rings is 1. The summed E-state index contributed by atoms with van der Waals surface area (Å²) < 4.78 is 7.29. The Morgan fingerprint density at radius 3 is 2.59 bits per heavy atom. The van der Waals surface area contributed by atoms with Gasteiger partial charge in [0.05, 0.1) is 43.5 Å². The molecular formula is C28H27N7O2. The van der Waals surface area contributed by atoms with E-state index in [0.29, 0.717) is 46.9 Å². The van der Waals surface area contributed by atoms with Crippen LogP contribution in [0.15, 0.2) is 71.8 Å². The maximum atomic E-state index is 12.5. The third-order valence-corrected chi connectivity index (χ3v) is 6.44. The van der Waals surface area contributed by atoms with E-state index in [2.05, 4.69) is 36.8 Å². The van der Waals surface area contributed by atoms with Gasteiger partial charge in [0.1, 0.15) is 5.69 Å². The molecule has 1 saturated heterocycles. The van der Waals surface area contributed by atoms with Gasteiger partial charge in [0.25, 0.3) is 5.56 Å². The van der Waals surface area contributed by atoms with Gasteiger partial charge in [-0.25, -0.2) is 24.5 Å². The van der Waals surface area contributed by atoms with Gasteiger partial charge in [0.15, 0.2) is 17.3 Å². The standard InChI is InChI=1S/C28H27N7O2/c1-29-22-6-3-5-21(15-22)25-9-10-27(36)35(33-25)18-23-7-4-8-26(32-23)28-30-16-24(17-31-28)37-19-20-11-13-34(2)14-12-20/h3-10,15-17,20H,11-14,18-19H2,2H3.